The standard InChI is InChI=1S/C9H11FN2O/c1-13-8-3-2-7(10)4-6(8)5-9(11)12/h2-4H,5H2,1H3,(H3,11,12). The molecule has 0 heterocycles. The topological polar surface area (TPSA) is 59.1 Å². The van der Waals surface area contributed by atoms with Crippen LogP contribution in [0.5, 0.6) is 5.75 Å². The van der Waals surface area contributed by atoms with Gasteiger partial charge in [-0.2, -0.15) is 0 Å². The van der Waals surface area contributed by atoms with E-state index in [1.165, 1.54) is 25.3 Å². The minimum atomic E-state index is -0.350. The molecule has 0 aliphatic rings. The van der Waals surface area contributed by atoms with E-state index in [4.69, 9.17) is 15.9 Å². The molecule has 0 unspecified atom stereocenters. The predicted octanol–water partition coefficient (Wildman–Crippen LogP) is 1.31. The van der Waals surface area contributed by atoms with Gasteiger partial charge in [-0.15, -0.1) is 0 Å². The highest BCUT2D eigenvalue weighted by Crippen LogP contribution is 2.19. The van der Waals surface area contributed by atoms with Crippen molar-refractivity contribution in [2.24, 2.45) is 5.73 Å². The summed E-state index contributed by atoms with van der Waals surface area (Å²) in [5, 5.41) is 7.07. The summed E-state index contributed by atoms with van der Waals surface area (Å²) in [7, 11) is 1.50. The van der Waals surface area contributed by atoms with E-state index in [-0.39, 0.29) is 18.1 Å². The van der Waals surface area contributed by atoms with E-state index in [0.29, 0.717) is 11.3 Å². The van der Waals surface area contributed by atoms with E-state index in [9.17, 15) is 4.39 Å². The van der Waals surface area contributed by atoms with Crippen LogP contribution in [-0.4, -0.2) is 12.9 Å². The number of halogens is 1. The number of hydrogen-bond donors (Lipinski definition) is 2. The van der Waals surface area contributed by atoms with Crippen LogP contribution in [0.25, 0.3) is 0 Å². The Morgan fingerprint density at radius 3 is 2.85 bits per heavy atom. The maximum Gasteiger partial charge on any atom is 0.123 e. The van der Waals surface area contributed by atoms with Crippen LogP contribution in [-0.2, 0) is 6.42 Å². The minimum absolute atomic E-state index is 0.0103. The number of rotatable bonds is 3. The molecule has 0 radical (unpaired) electrons. The molecule has 1 aromatic carbocycles. The third-order valence-corrected chi connectivity index (χ3v) is 1.62. The van der Waals surface area contributed by atoms with Gasteiger partial charge in [0.05, 0.1) is 12.9 Å². The van der Waals surface area contributed by atoms with Gasteiger partial charge in [-0.05, 0) is 18.2 Å². The molecular formula is C9H11FN2O. The van der Waals surface area contributed by atoms with E-state index in [1.54, 1.807) is 0 Å². The second kappa shape index (κ2) is 3.89. The SMILES string of the molecule is COc1ccc(F)cc1CC(=N)N. The molecule has 0 fully saturated rings. The third-order valence-electron chi connectivity index (χ3n) is 1.62. The molecule has 0 atom stereocenters. The van der Waals surface area contributed by atoms with Crippen molar-refractivity contribution in [3.05, 3.63) is 29.6 Å². The zero-order valence-corrected chi connectivity index (χ0v) is 7.30. The van der Waals surface area contributed by atoms with Crippen LogP contribution in [0.15, 0.2) is 18.2 Å². The van der Waals surface area contributed by atoms with Crippen LogP contribution in [0.1, 0.15) is 5.56 Å². The van der Waals surface area contributed by atoms with Crippen LogP contribution >= 0.6 is 0 Å². The number of amidine groups is 1. The van der Waals surface area contributed by atoms with Gasteiger partial charge in [0, 0.05) is 12.0 Å². The van der Waals surface area contributed by atoms with Gasteiger partial charge in [0.25, 0.3) is 0 Å². The fraction of sp³-hybridized carbons (Fsp3) is 0.222. The van der Waals surface area contributed by atoms with Gasteiger partial charge >= 0.3 is 0 Å². The Balaban J connectivity index is 3.01. The first-order valence-corrected chi connectivity index (χ1v) is 3.79. The van der Waals surface area contributed by atoms with Gasteiger partial charge in [0.2, 0.25) is 0 Å². The number of benzene rings is 1. The normalized spacial score (nSPS) is 9.69. The molecule has 70 valence electrons. The average Bonchev–Trinajstić information content (AvgIpc) is 2.03. The van der Waals surface area contributed by atoms with Crippen molar-refractivity contribution >= 4 is 5.84 Å². The van der Waals surface area contributed by atoms with Gasteiger partial charge < -0.3 is 10.5 Å². The first-order valence-electron chi connectivity index (χ1n) is 3.79. The maximum atomic E-state index is 12.8. The first kappa shape index (κ1) is 9.51. The molecule has 0 spiro atoms. The Morgan fingerprint density at radius 1 is 1.62 bits per heavy atom. The maximum absolute atomic E-state index is 12.8. The van der Waals surface area contributed by atoms with E-state index in [0.717, 1.165) is 0 Å². The Kier molecular flexibility index (Phi) is 2.84. The fourth-order valence-corrected chi connectivity index (χ4v) is 1.09. The van der Waals surface area contributed by atoms with Gasteiger partial charge in [0.1, 0.15) is 11.6 Å². The van der Waals surface area contributed by atoms with Crippen molar-refractivity contribution in [2.45, 2.75) is 6.42 Å². The lowest BCUT2D eigenvalue weighted by Crippen LogP contribution is -2.13. The van der Waals surface area contributed by atoms with Crippen molar-refractivity contribution in [3.63, 3.8) is 0 Å². The van der Waals surface area contributed by atoms with Crippen LogP contribution in [0.4, 0.5) is 4.39 Å². The predicted molar refractivity (Wildman–Crippen MR) is 48.6 cm³/mol. The fourth-order valence-electron chi connectivity index (χ4n) is 1.09. The highest BCUT2D eigenvalue weighted by molar-refractivity contribution is 5.80. The molecule has 0 bridgehead atoms. The summed E-state index contributed by atoms with van der Waals surface area (Å²) in [6, 6.07) is 4.15. The molecule has 0 saturated heterocycles. The lowest BCUT2D eigenvalue weighted by atomic mass is 10.1. The molecule has 0 aliphatic heterocycles. The lowest BCUT2D eigenvalue weighted by molar-refractivity contribution is 0.409. The summed E-state index contributed by atoms with van der Waals surface area (Å²) in [6.45, 7) is 0. The summed E-state index contributed by atoms with van der Waals surface area (Å²) < 4.78 is 17.7. The van der Waals surface area contributed by atoms with Crippen molar-refractivity contribution in [1.82, 2.24) is 0 Å². The molecule has 13 heavy (non-hydrogen) atoms. The summed E-state index contributed by atoms with van der Waals surface area (Å²) >= 11 is 0. The number of hydrogen-bond acceptors (Lipinski definition) is 2. The van der Waals surface area contributed by atoms with Crippen molar-refractivity contribution < 1.29 is 9.13 Å². The number of nitrogens with two attached hydrogens (primary N) is 1. The molecule has 4 heteroatoms. The zero-order chi connectivity index (χ0) is 9.84. The van der Waals surface area contributed by atoms with Crippen LogP contribution < -0.4 is 10.5 Å². The van der Waals surface area contributed by atoms with Gasteiger partial charge in [-0.1, -0.05) is 0 Å². The van der Waals surface area contributed by atoms with E-state index in [1.807, 2.05) is 0 Å². The molecule has 0 amide bonds. The third kappa shape index (κ3) is 2.43. The zero-order valence-electron chi connectivity index (χ0n) is 7.30. The minimum Gasteiger partial charge on any atom is -0.496 e. The Labute approximate surface area is 75.8 Å². The largest absolute Gasteiger partial charge is 0.496 e. The Morgan fingerprint density at radius 2 is 2.31 bits per heavy atom. The average molecular weight is 182 g/mol. The van der Waals surface area contributed by atoms with Crippen molar-refractivity contribution in [2.75, 3.05) is 7.11 Å². The second-order valence-electron chi connectivity index (χ2n) is 2.66. The molecule has 1 aromatic rings. The summed E-state index contributed by atoms with van der Waals surface area (Å²) in [4.78, 5) is 0. The number of methoxy groups -OCH3 is 1. The first-order chi connectivity index (χ1) is 6.13. The molecule has 3 N–H and O–H groups in total. The van der Waals surface area contributed by atoms with Gasteiger partial charge in [0.15, 0.2) is 0 Å². The highest BCUT2D eigenvalue weighted by Gasteiger charge is 2.05. The monoisotopic (exact) mass is 182 g/mol. The quantitative estimate of drug-likeness (QED) is 0.547. The van der Waals surface area contributed by atoms with Crippen LogP contribution in [0, 0.1) is 11.2 Å². The van der Waals surface area contributed by atoms with Crippen molar-refractivity contribution in [1.29, 1.82) is 5.41 Å². The lowest BCUT2D eigenvalue weighted by Gasteiger charge is -2.06. The van der Waals surface area contributed by atoms with Gasteiger partial charge in [-0.25, -0.2) is 4.39 Å². The number of nitrogens with one attached hydrogen (secondary N) is 1. The Hall–Kier alpha value is -1.58. The van der Waals surface area contributed by atoms with E-state index < -0.39 is 0 Å². The molecule has 0 saturated carbocycles. The smallest absolute Gasteiger partial charge is 0.123 e. The van der Waals surface area contributed by atoms with Crippen LogP contribution in [0.2, 0.25) is 0 Å². The van der Waals surface area contributed by atoms with Crippen LogP contribution in [0.3, 0.4) is 0 Å². The van der Waals surface area contributed by atoms with Crippen molar-refractivity contribution in [3.8, 4) is 5.75 Å². The molecule has 3 nitrogen and oxygen atoms in total. The summed E-state index contributed by atoms with van der Waals surface area (Å²) in [6.07, 6.45) is 0.209. The highest BCUT2D eigenvalue weighted by atomic mass is 19.1. The number of ether oxygens (including phenoxy) is 1. The van der Waals surface area contributed by atoms with E-state index in [2.05, 4.69) is 0 Å². The Bertz CT molecular complexity index is 325. The molecule has 1 rings (SSSR count). The second-order valence-corrected chi connectivity index (χ2v) is 2.66. The summed E-state index contributed by atoms with van der Waals surface area (Å²) in [5.41, 5.74) is 5.80. The molecule has 0 aromatic heterocycles. The summed E-state index contributed by atoms with van der Waals surface area (Å²) in [5.74, 6) is 0.192. The van der Waals surface area contributed by atoms with E-state index >= 15 is 0 Å². The van der Waals surface area contributed by atoms with Gasteiger partial charge in [-0.3, -0.25) is 5.41 Å². The molecular weight excluding hydrogens is 171 g/mol. The molecule has 0 aliphatic carbocycles.